The van der Waals surface area contributed by atoms with Crippen LogP contribution < -0.4 is 10.2 Å². The van der Waals surface area contributed by atoms with Crippen LogP contribution >= 0.6 is 0 Å². The smallest absolute Gasteiger partial charge is 0.255 e. The number of amides is 1. The van der Waals surface area contributed by atoms with Crippen molar-refractivity contribution >= 4 is 34.0 Å². The Morgan fingerprint density at radius 3 is 2.24 bits per heavy atom. The zero-order valence-corrected chi connectivity index (χ0v) is 22.7. The van der Waals surface area contributed by atoms with Gasteiger partial charge in [-0.1, -0.05) is 30.3 Å². The number of hydrogen-bond acceptors (Lipinski definition) is 5. The molecule has 1 aliphatic heterocycles. The zero-order chi connectivity index (χ0) is 28.2. The first-order chi connectivity index (χ1) is 20.0. The SMILES string of the molecule is O=C(CCc1ccccc1)c1ccc(-n2ncc3cc(NC(=O)c4ccc(N5CCC(O)CC5)cc4)ccc32)cc1. The highest BCUT2D eigenvalue weighted by Crippen LogP contribution is 2.24. The molecule has 41 heavy (non-hydrogen) atoms. The fourth-order valence-corrected chi connectivity index (χ4v) is 5.30. The molecule has 1 saturated heterocycles. The third-order valence-corrected chi connectivity index (χ3v) is 7.70. The minimum absolute atomic E-state index is 0.118. The Bertz CT molecular complexity index is 1650. The van der Waals surface area contributed by atoms with Crippen molar-refractivity contribution in [2.75, 3.05) is 23.3 Å². The summed E-state index contributed by atoms with van der Waals surface area (Å²) >= 11 is 0. The first kappa shape index (κ1) is 26.5. The number of hydrogen-bond donors (Lipinski definition) is 2. The van der Waals surface area contributed by atoms with Crippen molar-refractivity contribution in [3.8, 4) is 5.69 Å². The van der Waals surface area contributed by atoms with Gasteiger partial charge in [-0.2, -0.15) is 5.10 Å². The number of benzene rings is 4. The van der Waals surface area contributed by atoms with E-state index in [1.54, 1.807) is 6.20 Å². The normalized spacial score (nSPS) is 13.8. The van der Waals surface area contributed by atoms with Crippen LogP contribution in [0, 0.1) is 0 Å². The van der Waals surface area contributed by atoms with Gasteiger partial charge in [-0.15, -0.1) is 0 Å². The van der Waals surface area contributed by atoms with Gasteiger partial charge in [0.15, 0.2) is 5.78 Å². The molecule has 206 valence electrons. The average Bonchev–Trinajstić information content (AvgIpc) is 3.44. The number of piperidine rings is 1. The van der Waals surface area contributed by atoms with Gasteiger partial charge in [-0.05, 0) is 91.6 Å². The lowest BCUT2D eigenvalue weighted by atomic mass is 10.0. The topological polar surface area (TPSA) is 87.5 Å². The summed E-state index contributed by atoms with van der Waals surface area (Å²) in [5.41, 5.74) is 5.95. The van der Waals surface area contributed by atoms with Gasteiger partial charge in [0.05, 0.1) is 23.5 Å². The van der Waals surface area contributed by atoms with E-state index < -0.39 is 0 Å². The third-order valence-electron chi connectivity index (χ3n) is 7.70. The number of carbonyl (C=O) groups is 2. The Kier molecular flexibility index (Phi) is 7.60. The molecule has 0 bridgehead atoms. The molecule has 0 aliphatic carbocycles. The second kappa shape index (κ2) is 11.8. The van der Waals surface area contributed by atoms with Gasteiger partial charge in [-0.25, -0.2) is 4.68 Å². The summed E-state index contributed by atoms with van der Waals surface area (Å²) < 4.78 is 1.83. The van der Waals surface area contributed by atoms with E-state index in [-0.39, 0.29) is 17.8 Å². The molecule has 0 spiro atoms. The van der Waals surface area contributed by atoms with E-state index in [9.17, 15) is 14.7 Å². The second-order valence-corrected chi connectivity index (χ2v) is 10.5. The Labute approximate surface area is 239 Å². The van der Waals surface area contributed by atoms with Crippen LogP contribution in [0.2, 0.25) is 0 Å². The molecule has 7 nitrogen and oxygen atoms in total. The predicted octanol–water partition coefficient (Wildman–Crippen LogP) is 6.05. The molecule has 0 radical (unpaired) electrons. The quantitative estimate of drug-likeness (QED) is 0.232. The van der Waals surface area contributed by atoms with Gasteiger partial charge in [-0.3, -0.25) is 9.59 Å². The van der Waals surface area contributed by atoms with E-state index >= 15 is 0 Å². The predicted molar refractivity (Wildman–Crippen MR) is 162 cm³/mol. The van der Waals surface area contributed by atoms with Crippen molar-refractivity contribution in [1.29, 1.82) is 0 Å². The number of rotatable bonds is 8. The van der Waals surface area contributed by atoms with E-state index in [0.29, 0.717) is 23.2 Å². The molecule has 1 fully saturated rings. The Morgan fingerprint density at radius 1 is 0.829 bits per heavy atom. The van der Waals surface area contributed by atoms with Crippen molar-refractivity contribution < 1.29 is 14.7 Å². The van der Waals surface area contributed by atoms with Crippen molar-refractivity contribution in [2.24, 2.45) is 0 Å². The number of aliphatic hydroxyl groups excluding tert-OH is 1. The molecular formula is C34H32N4O3. The number of Topliss-reactive ketones (excluding diaryl/α,β-unsaturated/α-hetero) is 1. The summed E-state index contributed by atoms with van der Waals surface area (Å²) in [6.07, 6.45) is 4.28. The number of nitrogens with one attached hydrogen (secondary N) is 1. The van der Waals surface area contributed by atoms with E-state index in [4.69, 9.17) is 0 Å². The molecule has 1 aliphatic rings. The van der Waals surface area contributed by atoms with Crippen LogP contribution in [0.4, 0.5) is 11.4 Å². The van der Waals surface area contributed by atoms with Crippen molar-refractivity contribution in [3.63, 3.8) is 0 Å². The van der Waals surface area contributed by atoms with Gasteiger partial charge in [0.25, 0.3) is 5.91 Å². The monoisotopic (exact) mass is 544 g/mol. The van der Waals surface area contributed by atoms with Crippen molar-refractivity contribution in [1.82, 2.24) is 9.78 Å². The Morgan fingerprint density at radius 2 is 1.51 bits per heavy atom. The number of ketones is 1. The standard InChI is InChI=1S/C34H32N4O3/c39-31-18-20-37(21-19-31)29-12-9-26(10-13-29)34(41)36-28-11-16-32-27(22-28)23-35-38(32)30-14-7-25(8-15-30)33(40)17-6-24-4-2-1-3-5-24/h1-5,7-16,22-23,31,39H,6,17-21H2,(H,36,41). The largest absolute Gasteiger partial charge is 0.393 e. The number of aliphatic hydroxyl groups is 1. The summed E-state index contributed by atoms with van der Waals surface area (Å²) in [7, 11) is 0. The molecule has 1 aromatic heterocycles. The van der Waals surface area contributed by atoms with Gasteiger partial charge >= 0.3 is 0 Å². The minimum atomic E-state index is -0.215. The summed E-state index contributed by atoms with van der Waals surface area (Å²) in [5.74, 6) is -0.0584. The highest BCUT2D eigenvalue weighted by Gasteiger charge is 2.18. The fourth-order valence-electron chi connectivity index (χ4n) is 5.30. The minimum Gasteiger partial charge on any atom is -0.393 e. The number of aromatic nitrogens is 2. The molecule has 2 N–H and O–H groups in total. The zero-order valence-electron chi connectivity index (χ0n) is 22.7. The molecular weight excluding hydrogens is 512 g/mol. The maximum atomic E-state index is 12.9. The fraction of sp³-hybridized carbons (Fsp3) is 0.206. The van der Waals surface area contributed by atoms with E-state index in [0.717, 1.165) is 60.2 Å². The molecule has 0 unspecified atom stereocenters. The highest BCUT2D eigenvalue weighted by molar-refractivity contribution is 6.05. The molecule has 2 heterocycles. The summed E-state index contributed by atoms with van der Waals surface area (Å²) in [6, 6.07) is 30.9. The van der Waals surface area contributed by atoms with Crippen LogP contribution in [0.1, 0.15) is 45.5 Å². The molecule has 0 saturated carbocycles. The Balaban J connectivity index is 1.10. The lowest BCUT2D eigenvalue weighted by Crippen LogP contribution is -2.35. The first-order valence-corrected chi connectivity index (χ1v) is 14.0. The number of nitrogens with zero attached hydrogens (tertiary/aromatic N) is 3. The average molecular weight is 545 g/mol. The lowest BCUT2D eigenvalue weighted by molar-refractivity contribution is 0.0981. The van der Waals surface area contributed by atoms with Gasteiger partial charge in [0.2, 0.25) is 0 Å². The molecule has 7 heteroatoms. The molecule has 0 atom stereocenters. The van der Waals surface area contributed by atoms with Crippen LogP contribution in [0.25, 0.3) is 16.6 Å². The third kappa shape index (κ3) is 6.05. The second-order valence-electron chi connectivity index (χ2n) is 10.5. The van der Waals surface area contributed by atoms with Crippen LogP contribution in [0.15, 0.2) is 103 Å². The summed E-state index contributed by atoms with van der Waals surface area (Å²) in [5, 5.41) is 18.2. The first-order valence-electron chi connectivity index (χ1n) is 14.0. The number of carbonyl (C=O) groups excluding carboxylic acids is 2. The van der Waals surface area contributed by atoms with Crippen LogP contribution in [0.3, 0.4) is 0 Å². The van der Waals surface area contributed by atoms with Crippen molar-refractivity contribution in [2.45, 2.75) is 31.8 Å². The number of fused-ring (bicyclic) bond motifs is 1. The number of anilines is 2. The van der Waals surface area contributed by atoms with Crippen LogP contribution in [0.5, 0.6) is 0 Å². The van der Waals surface area contributed by atoms with Crippen molar-refractivity contribution in [3.05, 3.63) is 120 Å². The molecule has 4 aromatic carbocycles. The molecule has 5 aromatic rings. The summed E-state index contributed by atoms with van der Waals surface area (Å²) in [6.45, 7) is 1.63. The van der Waals surface area contributed by atoms with E-state index in [1.807, 2.05) is 102 Å². The summed E-state index contributed by atoms with van der Waals surface area (Å²) in [4.78, 5) is 27.8. The molecule has 6 rings (SSSR count). The Hall–Kier alpha value is -4.75. The van der Waals surface area contributed by atoms with Crippen LogP contribution in [-0.4, -0.2) is 45.8 Å². The lowest BCUT2D eigenvalue weighted by Gasteiger charge is -2.31. The van der Waals surface area contributed by atoms with Gasteiger partial charge in [0, 0.05) is 47.4 Å². The maximum Gasteiger partial charge on any atom is 0.255 e. The highest BCUT2D eigenvalue weighted by atomic mass is 16.3. The van der Waals surface area contributed by atoms with Gasteiger partial charge in [0.1, 0.15) is 0 Å². The van der Waals surface area contributed by atoms with E-state index in [1.165, 1.54) is 0 Å². The van der Waals surface area contributed by atoms with Gasteiger partial charge < -0.3 is 15.3 Å². The molecule has 1 amide bonds. The maximum absolute atomic E-state index is 12.9. The van der Waals surface area contributed by atoms with Crippen LogP contribution in [-0.2, 0) is 6.42 Å². The van der Waals surface area contributed by atoms with E-state index in [2.05, 4.69) is 15.3 Å². The number of aryl methyl sites for hydroxylation is 1.